The first-order chi connectivity index (χ1) is 15.5. The Morgan fingerprint density at radius 3 is 2.47 bits per heavy atom. The molecule has 0 fully saturated rings. The zero-order chi connectivity index (χ0) is 22.6. The van der Waals surface area contributed by atoms with Crippen molar-refractivity contribution < 1.29 is 17.6 Å². The van der Waals surface area contributed by atoms with Crippen LogP contribution in [0, 0.1) is 12.3 Å². The van der Waals surface area contributed by atoms with Gasteiger partial charge in [0.1, 0.15) is 17.4 Å². The number of nitrogens with one attached hydrogen (secondary N) is 2. The molecule has 1 heterocycles. The molecule has 0 aliphatic rings. The van der Waals surface area contributed by atoms with E-state index in [9.17, 15) is 13.2 Å². The lowest BCUT2D eigenvalue weighted by Crippen LogP contribution is -2.29. The fourth-order valence-electron chi connectivity index (χ4n) is 3.35. The molecule has 0 saturated heterocycles. The summed E-state index contributed by atoms with van der Waals surface area (Å²) in [7, 11) is -3.82. The Hall–Kier alpha value is -3.86. The first-order valence-electron chi connectivity index (χ1n) is 9.85. The Morgan fingerprint density at radius 2 is 1.72 bits per heavy atom. The molecule has 0 aliphatic carbocycles. The first kappa shape index (κ1) is 21.4. The van der Waals surface area contributed by atoms with Gasteiger partial charge in [-0.15, -0.1) is 6.42 Å². The number of amides is 1. The second-order valence-corrected chi connectivity index (χ2v) is 8.83. The van der Waals surface area contributed by atoms with Gasteiger partial charge < -0.3 is 9.73 Å². The number of hydrogen-bond donors (Lipinski definition) is 2. The molecule has 160 valence electrons. The summed E-state index contributed by atoms with van der Waals surface area (Å²) in [5.41, 5.74) is 1.75. The van der Waals surface area contributed by atoms with Gasteiger partial charge in [0, 0.05) is 10.9 Å². The van der Waals surface area contributed by atoms with E-state index < -0.39 is 22.0 Å². The first-order valence-corrected chi connectivity index (χ1v) is 11.3. The third kappa shape index (κ3) is 4.57. The molecule has 32 heavy (non-hydrogen) atoms. The monoisotopic (exact) mass is 444 g/mol. The van der Waals surface area contributed by atoms with Gasteiger partial charge in [-0.25, -0.2) is 8.42 Å². The molecule has 1 aromatic heterocycles. The Kier molecular flexibility index (Phi) is 6.08. The van der Waals surface area contributed by atoms with E-state index >= 15 is 0 Å². The minimum absolute atomic E-state index is 0.0413. The van der Waals surface area contributed by atoms with Crippen molar-refractivity contribution in [3.05, 3.63) is 102 Å². The number of hydrogen-bond acceptors (Lipinski definition) is 4. The lowest BCUT2D eigenvalue weighted by Gasteiger charge is -2.17. The van der Waals surface area contributed by atoms with Gasteiger partial charge in [-0.2, -0.15) is 4.72 Å². The van der Waals surface area contributed by atoms with Gasteiger partial charge >= 0.3 is 0 Å². The highest BCUT2D eigenvalue weighted by atomic mass is 32.2. The van der Waals surface area contributed by atoms with Crippen LogP contribution in [0.2, 0.25) is 0 Å². The van der Waals surface area contributed by atoms with Crippen LogP contribution in [-0.4, -0.2) is 20.9 Å². The predicted octanol–water partition coefficient (Wildman–Crippen LogP) is 3.86. The topological polar surface area (TPSA) is 88.4 Å². The van der Waals surface area contributed by atoms with Crippen molar-refractivity contribution in [3.63, 3.8) is 0 Å². The summed E-state index contributed by atoms with van der Waals surface area (Å²) in [6.45, 7) is -0.138. The van der Waals surface area contributed by atoms with Crippen molar-refractivity contribution in [2.75, 3.05) is 6.54 Å². The SMILES string of the molecule is C#CCNS(=O)(=O)c1cccc(C(=O)NC(c2ccccc2)c2cc3ccccc3o2)c1. The van der Waals surface area contributed by atoms with Crippen LogP contribution in [0.15, 0.2) is 94.2 Å². The van der Waals surface area contributed by atoms with Crippen molar-refractivity contribution in [2.24, 2.45) is 0 Å². The third-order valence-corrected chi connectivity index (χ3v) is 6.31. The van der Waals surface area contributed by atoms with E-state index in [0.717, 1.165) is 10.9 Å². The van der Waals surface area contributed by atoms with Crippen LogP contribution in [0.25, 0.3) is 11.0 Å². The molecule has 0 radical (unpaired) electrons. The van der Waals surface area contributed by atoms with Crippen LogP contribution in [-0.2, 0) is 10.0 Å². The molecule has 0 saturated carbocycles. The van der Waals surface area contributed by atoms with Gasteiger partial charge in [0.05, 0.1) is 11.4 Å². The largest absolute Gasteiger partial charge is 0.459 e. The van der Waals surface area contributed by atoms with E-state index in [4.69, 9.17) is 10.8 Å². The fourth-order valence-corrected chi connectivity index (χ4v) is 4.33. The second kappa shape index (κ2) is 9.10. The van der Waals surface area contributed by atoms with E-state index in [-0.39, 0.29) is 17.0 Å². The molecular weight excluding hydrogens is 424 g/mol. The number of rotatable bonds is 7. The van der Waals surface area contributed by atoms with E-state index in [1.165, 1.54) is 18.2 Å². The number of para-hydroxylation sites is 1. The predicted molar refractivity (Wildman–Crippen MR) is 122 cm³/mol. The molecular formula is C25H20N2O4S. The maximum Gasteiger partial charge on any atom is 0.252 e. The summed E-state index contributed by atoms with van der Waals surface area (Å²) >= 11 is 0. The number of sulfonamides is 1. The average Bonchev–Trinajstić information content (AvgIpc) is 3.25. The van der Waals surface area contributed by atoms with Crippen LogP contribution < -0.4 is 10.0 Å². The van der Waals surface area contributed by atoms with Crippen LogP contribution in [0.5, 0.6) is 0 Å². The fraction of sp³-hybridized carbons (Fsp3) is 0.0800. The number of carbonyl (C=O) groups excluding carboxylic acids is 1. The molecule has 1 amide bonds. The zero-order valence-electron chi connectivity index (χ0n) is 17.0. The summed E-state index contributed by atoms with van der Waals surface area (Å²) in [5.74, 6) is 2.36. The van der Waals surface area contributed by atoms with Crippen LogP contribution in [0.4, 0.5) is 0 Å². The summed E-state index contributed by atoms with van der Waals surface area (Å²) in [6, 6.07) is 24.1. The molecule has 6 nitrogen and oxygen atoms in total. The van der Waals surface area contributed by atoms with Crippen molar-refractivity contribution in [1.29, 1.82) is 0 Å². The standard InChI is InChI=1S/C25H20N2O4S/c1-2-15-26-32(29,30)21-13-8-12-20(16-21)25(28)27-24(18-9-4-3-5-10-18)23-17-19-11-6-7-14-22(19)31-23/h1,3-14,16-17,24,26H,15H2,(H,27,28). The number of furan rings is 1. The van der Waals surface area contributed by atoms with Crippen molar-refractivity contribution >= 4 is 26.9 Å². The highest BCUT2D eigenvalue weighted by molar-refractivity contribution is 7.89. The molecule has 7 heteroatoms. The quantitative estimate of drug-likeness (QED) is 0.424. The summed E-state index contributed by atoms with van der Waals surface area (Å²) in [4.78, 5) is 13.1. The molecule has 3 aromatic carbocycles. The van der Waals surface area contributed by atoms with Gasteiger partial charge in [-0.05, 0) is 35.9 Å². The van der Waals surface area contributed by atoms with Gasteiger partial charge in [0.2, 0.25) is 10.0 Å². The van der Waals surface area contributed by atoms with Crippen LogP contribution in [0.1, 0.15) is 27.7 Å². The Balaban J connectivity index is 1.67. The Morgan fingerprint density at radius 1 is 0.969 bits per heavy atom. The van der Waals surface area contributed by atoms with Gasteiger partial charge in [0.25, 0.3) is 5.91 Å². The molecule has 4 aromatic rings. The third-order valence-electron chi connectivity index (χ3n) is 4.91. The minimum atomic E-state index is -3.82. The van der Waals surface area contributed by atoms with E-state index in [1.54, 1.807) is 6.07 Å². The minimum Gasteiger partial charge on any atom is -0.459 e. The normalized spacial score (nSPS) is 12.2. The van der Waals surface area contributed by atoms with Crippen molar-refractivity contribution in [2.45, 2.75) is 10.9 Å². The molecule has 4 rings (SSSR count). The molecule has 0 bridgehead atoms. The molecule has 1 unspecified atom stereocenters. The van der Waals surface area contributed by atoms with Crippen LogP contribution >= 0.6 is 0 Å². The van der Waals surface area contributed by atoms with E-state index in [0.29, 0.717) is 11.3 Å². The average molecular weight is 445 g/mol. The second-order valence-electron chi connectivity index (χ2n) is 7.06. The van der Waals surface area contributed by atoms with Crippen LogP contribution in [0.3, 0.4) is 0 Å². The maximum absolute atomic E-state index is 13.1. The summed E-state index contributed by atoms with van der Waals surface area (Å²) < 4.78 is 33.0. The maximum atomic E-state index is 13.1. The molecule has 0 spiro atoms. The van der Waals surface area contributed by atoms with Gasteiger partial charge in [0.15, 0.2) is 0 Å². The van der Waals surface area contributed by atoms with Crippen molar-refractivity contribution in [3.8, 4) is 12.3 Å². The number of fused-ring (bicyclic) bond motifs is 1. The van der Waals surface area contributed by atoms with E-state index in [1.807, 2.05) is 60.7 Å². The zero-order valence-corrected chi connectivity index (χ0v) is 17.8. The van der Waals surface area contributed by atoms with Crippen molar-refractivity contribution in [1.82, 2.24) is 10.0 Å². The Labute approximate surface area is 186 Å². The highest BCUT2D eigenvalue weighted by Crippen LogP contribution is 2.28. The molecule has 0 aliphatic heterocycles. The highest BCUT2D eigenvalue weighted by Gasteiger charge is 2.23. The summed E-state index contributed by atoms with van der Waals surface area (Å²) in [5, 5.41) is 3.89. The smallest absolute Gasteiger partial charge is 0.252 e. The number of benzene rings is 3. The van der Waals surface area contributed by atoms with E-state index in [2.05, 4.69) is 16.0 Å². The number of carbonyl (C=O) groups is 1. The number of terminal acetylenes is 1. The summed E-state index contributed by atoms with van der Waals surface area (Å²) in [6.07, 6.45) is 5.14. The lowest BCUT2D eigenvalue weighted by atomic mass is 10.0. The molecule has 2 N–H and O–H groups in total. The lowest BCUT2D eigenvalue weighted by molar-refractivity contribution is 0.0939. The molecule has 1 atom stereocenters. The Bertz CT molecular complexity index is 1370. The van der Waals surface area contributed by atoms with Gasteiger partial charge in [-0.1, -0.05) is 60.5 Å². The van der Waals surface area contributed by atoms with Gasteiger partial charge in [-0.3, -0.25) is 4.79 Å².